The number of nitrogens with zero attached hydrogens (tertiary/aromatic N) is 1. The van der Waals surface area contributed by atoms with Crippen LogP contribution in [0.5, 0.6) is 0 Å². The summed E-state index contributed by atoms with van der Waals surface area (Å²) in [6.07, 6.45) is 0.940. The van der Waals surface area contributed by atoms with E-state index in [0.29, 0.717) is 63.8 Å². The molecular weight excluding hydrogens is 401 g/mol. The minimum Gasteiger partial charge on any atom is -0.491 e. The molecule has 0 saturated heterocycles. The van der Waals surface area contributed by atoms with Gasteiger partial charge < -0.3 is 30.3 Å². The Hall–Kier alpha value is -1.55. The molecule has 0 spiro atoms. The fourth-order valence-electron chi connectivity index (χ4n) is 3.51. The molecule has 1 aromatic rings. The Morgan fingerprint density at radius 2 is 2.06 bits per heavy atom. The third-order valence-corrected chi connectivity index (χ3v) is 5.48. The van der Waals surface area contributed by atoms with Crippen LogP contribution >= 0.6 is 0 Å². The van der Waals surface area contributed by atoms with Gasteiger partial charge in [-0.2, -0.15) is 0 Å². The highest BCUT2D eigenvalue weighted by Crippen LogP contribution is 2.36. The zero-order valence-electron chi connectivity index (χ0n) is 18.7. The predicted octanol–water partition coefficient (Wildman–Crippen LogP) is 1.62. The van der Waals surface area contributed by atoms with Gasteiger partial charge in [0.05, 0.1) is 12.7 Å². The maximum absolute atomic E-state index is 13.2. The van der Waals surface area contributed by atoms with Gasteiger partial charge in [0.25, 0.3) is 0 Å². The highest BCUT2D eigenvalue weighted by Gasteiger charge is 2.38. The van der Waals surface area contributed by atoms with Crippen LogP contribution in [0.2, 0.25) is 0 Å². The summed E-state index contributed by atoms with van der Waals surface area (Å²) >= 11 is 0. The molecule has 0 heterocycles. The lowest BCUT2D eigenvalue weighted by Gasteiger charge is -2.27. The Kier molecular flexibility index (Phi) is 12.0. The van der Waals surface area contributed by atoms with Crippen molar-refractivity contribution in [2.45, 2.75) is 44.7 Å². The van der Waals surface area contributed by atoms with Crippen molar-refractivity contribution in [3.8, 4) is 0 Å². The predicted molar refractivity (Wildman–Crippen MR) is 119 cm³/mol. The van der Waals surface area contributed by atoms with Gasteiger partial charge >= 0.3 is 0 Å². The summed E-state index contributed by atoms with van der Waals surface area (Å²) in [4.78, 5) is 1.97. The zero-order valence-corrected chi connectivity index (χ0v) is 18.7. The van der Waals surface area contributed by atoms with Crippen LogP contribution in [0.25, 0.3) is 0 Å². The Morgan fingerprint density at radius 3 is 2.74 bits per heavy atom. The summed E-state index contributed by atoms with van der Waals surface area (Å²) in [6, 6.07) is 9.98. The normalized spacial score (nSPS) is 20.6. The van der Waals surface area contributed by atoms with E-state index in [1.54, 1.807) is 7.11 Å². The molecule has 176 valence electrons. The van der Waals surface area contributed by atoms with Gasteiger partial charge in [0.2, 0.25) is 0 Å². The van der Waals surface area contributed by atoms with E-state index >= 15 is 0 Å². The molecule has 0 amide bonds. The molecule has 0 radical (unpaired) electrons. The van der Waals surface area contributed by atoms with Crippen LogP contribution in [0, 0.1) is 5.92 Å². The molecular formula is C23H38FN3O4. The van der Waals surface area contributed by atoms with E-state index in [4.69, 9.17) is 9.47 Å². The third-order valence-electron chi connectivity index (χ3n) is 5.48. The molecule has 4 atom stereocenters. The first-order chi connectivity index (χ1) is 15.1. The van der Waals surface area contributed by atoms with Crippen LogP contribution in [0.4, 0.5) is 4.39 Å². The number of methoxy groups -OCH3 is 1. The van der Waals surface area contributed by atoms with E-state index in [0.717, 1.165) is 18.5 Å². The third kappa shape index (κ3) is 10.1. The van der Waals surface area contributed by atoms with E-state index in [-0.39, 0.29) is 6.04 Å². The molecule has 1 fully saturated rings. The minimum absolute atomic E-state index is 0.269. The first-order valence-electron chi connectivity index (χ1n) is 11.1. The maximum Gasteiger partial charge on any atom is 0.125 e. The maximum atomic E-state index is 13.2. The number of rotatable bonds is 17. The fourth-order valence-corrected chi connectivity index (χ4v) is 3.51. The average Bonchev–Trinajstić information content (AvgIpc) is 3.53. The number of benzene rings is 1. The number of halogens is 1. The molecule has 4 unspecified atom stereocenters. The van der Waals surface area contributed by atoms with Crippen LogP contribution in [-0.2, 0) is 16.1 Å². The SMILES string of the molecule is CCN(CCNCC(O)COC)C(O)CNC1CC1C/C(=C/F)OCc1ccccc1. The Bertz CT molecular complexity index is 635. The number of allylic oxidation sites excluding steroid dienone is 1. The summed E-state index contributed by atoms with van der Waals surface area (Å²) in [5, 5.41) is 26.6. The summed E-state index contributed by atoms with van der Waals surface area (Å²) in [5.74, 6) is 0.694. The zero-order chi connectivity index (χ0) is 22.5. The monoisotopic (exact) mass is 439 g/mol. The number of aliphatic hydroxyl groups excluding tert-OH is 2. The minimum atomic E-state index is -0.595. The molecule has 0 aliphatic heterocycles. The van der Waals surface area contributed by atoms with Crippen molar-refractivity contribution < 1.29 is 24.1 Å². The number of nitrogens with one attached hydrogen (secondary N) is 2. The first-order valence-corrected chi connectivity index (χ1v) is 11.1. The van der Waals surface area contributed by atoms with Crippen molar-refractivity contribution >= 4 is 0 Å². The van der Waals surface area contributed by atoms with E-state index in [1.165, 1.54) is 0 Å². The van der Waals surface area contributed by atoms with Gasteiger partial charge in [-0.3, -0.25) is 4.90 Å². The lowest BCUT2D eigenvalue weighted by Crippen LogP contribution is -2.46. The van der Waals surface area contributed by atoms with Crippen molar-refractivity contribution in [3.63, 3.8) is 0 Å². The second kappa shape index (κ2) is 14.5. The van der Waals surface area contributed by atoms with Gasteiger partial charge in [0.15, 0.2) is 0 Å². The van der Waals surface area contributed by atoms with Crippen molar-refractivity contribution in [3.05, 3.63) is 48.0 Å². The summed E-state index contributed by atoms with van der Waals surface area (Å²) in [6.45, 7) is 5.66. The molecule has 0 aromatic heterocycles. The van der Waals surface area contributed by atoms with Gasteiger partial charge in [0.1, 0.15) is 24.9 Å². The number of likely N-dealkylation sites (N-methyl/N-ethyl adjacent to an activating group) is 1. The fraction of sp³-hybridized carbons (Fsp3) is 0.652. The van der Waals surface area contributed by atoms with Crippen molar-refractivity contribution in [1.82, 2.24) is 15.5 Å². The average molecular weight is 440 g/mol. The molecule has 0 bridgehead atoms. The van der Waals surface area contributed by atoms with Crippen LogP contribution in [0.1, 0.15) is 25.3 Å². The highest BCUT2D eigenvalue weighted by atomic mass is 19.1. The Balaban J connectivity index is 1.60. The van der Waals surface area contributed by atoms with Gasteiger partial charge in [-0.25, -0.2) is 4.39 Å². The molecule has 2 rings (SSSR count). The molecule has 8 heteroatoms. The van der Waals surface area contributed by atoms with E-state index in [9.17, 15) is 14.6 Å². The number of ether oxygens (including phenoxy) is 2. The Labute approximate surface area is 185 Å². The smallest absolute Gasteiger partial charge is 0.125 e. The van der Waals surface area contributed by atoms with Crippen LogP contribution < -0.4 is 10.6 Å². The van der Waals surface area contributed by atoms with Crippen LogP contribution in [0.3, 0.4) is 0 Å². The molecule has 1 saturated carbocycles. The molecule has 4 N–H and O–H groups in total. The largest absolute Gasteiger partial charge is 0.491 e. The van der Waals surface area contributed by atoms with Crippen molar-refractivity contribution in [2.75, 3.05) is 46.4 Å². The molecule has 1 aliphatic rings. The van der Waals surface area contributed by atoms with E-state index in [1.807, 2.05) is 42.2 Å². The van der Waals surface area contributed by atoms with Crippen molar-refractivity contribution in [2.24, 2.45) is 5.92 Å². The summed E-state index contributed by atoms with van der Waals surface area (Å²) in [5.41, 5.74) is 1.01. The lowest BCUT2D eigenvalue weighted by atomic mass is 10.2. The van der Waals surface area contributed by atoms with Crippen LogP contribution in [0.15, 0.2) is 42.4 Å². The lowest BCUT2D eigenvalue weighted by molar-refractivity contribution is 0.00746. The molecule has 31 heavy (non-hydrogen) atoms. The molecule has 1 aromatic carbocycles. The van der Waals surface area contributed by atoms with Gasteiger partial charge in [0, 0.05) is 45.8 Å². The summed E-state index contributed by atoms with van der Waals surface area (Å²) in [7, 11) is 1.56. The standard InChI is InChI=1S/C23H38FN3O4/c1-3-27(10-9-25-14-20(28)17-30-2)23(29)15-26-22-12-19(22)11-21(13-24)31-16-18-7-5-4-6-8-18/h4-8,13,19-20,22-23,25-26,28-29H,3,9-12,14-17H2,1-2H3/b21-13-. The summed E-state index contributed by atoms with van der Waals surface area (Å²) < 4.78 is 23.7. The van der Waals surface area contributed by atoms with Gasteiger partial charge in [-0.05, 0) is 24.4 Å². The van der Waals surface area contributed by atoms with Crippen LogP contribution in [-0.4, -0.2) is 79.9 Å². The van der Waals surface area contributed by atoms with Gasteiger partial charge in [-0.15, -0.1) is 0 Å². The second-order valence-corrected chi connectivity index (χ2v) is 7.99. The number of hydrogen-bond acceptors (Lipinski definition) is 7. The highest BCUT2D eigenvalue weighted by molar-refractivity contribution is 5.14. The molecule has 1 aliphatic carbocycles. The quantitative estimate of drug-likeness (QED) is 0.167. The second-order valence-electron chi connectivity index (χ2n) is 7.99. The Morgan fingerprint density at radius 1 is 1.29 bits per heavy atom. The number of aliphatic hydroxyl groups is 2. The number of hydrogen-bond donors (Lipinski definition) is 4. The van der Waals surface area contributed by atoms with E-state index < -0.39 is 12.3 Å². The topological polar surface area (TPSA) is 86.2 Å². The van der Waals surface area contributed by atoms with E-state index in [2.05, 4.69) is 10.6 Å². The molecule has 7 nitrogen and oxygen atoms in total. The van der Waals surface area contributed by atoms with Crippen molar-refractivity contribution in [1.29, 1.82) is 0 Å². The van der Waals surface area contributed by atoms with Gasteiger partial charge in [-0.1, -0.05) is 37.3 Å². The first kappa shape index (κ1) is 25.7.